The quantitative estimate of drug-likeness (QED) is 0.308. The molecule has 4 aromatic carbocycles. The average molecular weight is 484 g/mol. The number of carbonyl (C=O) groups is 1. The van der Waals surface area contributed by atoms with Crippen molar-refractivity contribution in [2.75, 3.05) is 10.8 Å². The van der Waals surface area contributed by atoms with Crippen molar-refractivity contribution in [1.29, 1.82) is 0 Å². The highest BCUT2D eigenvalue weighted by Crippen LogP contribution is 2.32. The minimum atomic E-state index is -3.95. The van der Waals surface area contributed by atoms with Crippen molar-refractivity contribution in [3.63, 3.8) is 0 Å². The van der Waals surface area contributed by atoms with Gasteiger partial charge in [-0.2, -0.15) is 5.10 Å². The molecule has 0 aliphatic heterocycles. The number of hydrogen-bond donors (Lipinski definition) is 1. The van der Waals surface area contributed by atoms with Gasteiger partial charge in [0.25, 0.3) is 15.9 Å². The monoisotopic (exact) mass is 483 g/mol. The Morgan fingerprint density at radius 1 is 0.914 bits per heavy atom. The summed E-state index contributed by atoms with van der Waals surface area (Å²) in [6.07, 6.45) is 3.68. The third-order valence-electron chi connectivity index (χ3n) is 6.24. The number of aryl methyl sites for hydroxylation is 3. The van der Waals surface area contributed by atoms with E-state index in [4.69, 9.17) is 0 Å². The van der Waals surface area contributed by atoms with Gasteiger partial charge < -0.3 is 0 Å². The van der Waals surface area contributed by atoms with Gasteiger partial charge in [-0.05, 0) is 65.9 Å². The lowest BCUT2D eigenvalue weighted by Gasteiger charge is -2.23. The Morgan fingerprint density at radius 2 is 1.63 bits per heavy atom. The first-order valence-corrected chi connectivity index (χ1v) is 12.9. The van der Waals surface area contributed by atoms with E-state index in [9.17, 15) is 13.2 Å². The average Bonchev–Trinajstić information content (AvgIpc) is 3.29. The Kier molecular flexibility index (Phi) is 6.09. The van der Waals surface area contributed by atoms with E-state index in [-0.39, 0.29) is 4.90 Å². The summed E-state index contributed by atoms with van der Waals surface area (Å²) in [5.41, 5.74) is 7.41. The molecule has 1 N–H and O–H groups in total. The molecule has 1 amide bonds. The molecule has 35 heavy (non-hydrogen) atoms. The van der Waals surface area contributed by atoms with E-state index < -0.39 is 22.5 Å². The summed E-state index contributed by atoms with van der Waals surface area (Å²) in [6, 6.07) is 25.5. The SMILES string of the molecule is Cc1ccc(S(=O)(=O)N(CC(=O)N/N=C\c2ccc3c4c(cccc24)CC3)c2ccccc2)cc1. The number of amides is 1. The number of hydrogen-bond acceptors (Lipinski definition) is 4. The summed E-state index contributed by atoms with van der Waals surface area (Å²) in [4.78, 5) is 12.9. The van der Waals surface area contributed by atoms with Crippen molar-refractivity contribution in [3.8, 4) is 0 Å². The lowest BCUT2D eigenvalue weighted by Crippen LogP contribution is -2.39. The molecule has 0 aromatic heterocycles. The van der Waals surface area contributed by atoms with Crippen LogP contribution in [0.15, 0.2) is 94.9 Å². The minimum Gasteiger partial charge on any atom is -0.271 e. The summed E-state index contributed by atoms with van der Waals surface area (Å²) >= 11 is 0. The molecule has 0 heterocycles. The van der Waals surface area contributed by atoms with E-state index in [2.05, 4.69) is 28.7 Å². The van der Waals surface area contributed by atoms with Crippen LogP contribution in [0.3, 0.4) is 0 Å². The molecule has 5 rings (SSSR count). The van der Waals surface area contributed by atoms with Crippen molar-refractivity contribution in [2.24, 2.45) is 5.10 Å². The molecule has 1 aliphatic rings. The molecule has 0 unspecified atom stereocenters. The van der Waals surface area contributed by atoms with E-state index in [0.717, 1.165) is 33.7 Å². The van der Waals surface area contributed by atoms with Crippen LogP contribution in [0.1, 0.15) is 22.3 Å². The molecule has 6 nitrogen and oxygen atoms in total. The lowest BCUT2D eigenvalue weighted by atomic mass is 10.0. The number of anilines is 1. The van der Waals surface area contributed by atoms with Crippen molar-refractivity contribution in [2.45, 2.75) is 24.7 Å². The zero-order chi connectivity index (χ0) is 24.4. The van der Waals surface area contributed by atoms with Gasteiger partial charge in [-0.15, -0.1) is 0 Å². The number of benzene rings is 4. The Balaban J connectivity index is 1.37. The number of para-hydroxylation sites is 1. The lowest BCUT2D eigenvalue weighted by molar-refractivity contribution is -0.119. The predicted molar refractivity (Wildman–Crippen MR) is 139 cm³/mol. The molecule has 4 aromatic rings. The van der Waals surface area contributed by atoms with Crippen molar-refractivity contribution in [3.05, 3.63) is 107 Å². The number of hydrazone groups is 1. The van der Waals surface area contributed by atoms with Gasteiger partial charge in [0, 0.05) is 5.56 Å². The highest BCUT2D eigenvalue weighted by atomic mass is 32.2. The Hall–Kier alpha value is -3.97. The Labute approximate surface area is 205 Å². The van der Waals surface area contributed by atoms with Crippen LogP contribution in [0, 0.1) is 6.92 Å². The third-order valence-corrected chi connectivity index (χ3v) is 8.03. The fourth-order valence-corrected chi connectivity index (χ4v) is 5.89. The van der Waals surface area contributed by atoms with Gasteiger partial charge in [0.1, 0.15) is 6.54 Å². The number of nitrogens with one attached hydrogen (secondary N) is 1. The predicted octanol–water partition coefficient (Wildman–Crippen LogP) is 4.59. The maximum atomic E-state index is 13.4. The normalized spacial score (nSPS) is 12.8. The van der Waals surface area contributed by atoms with Gasteiger partial charge in [0.2, 0.25) is 0 Å². The fourth-order valence-electron chi connectivity index (χ4n) is 4.47. The molecular formula is C28H25N3O3S. The molecule has 0 bridgehead atoms. The fraction of sp³-hybridized carbons (Fsp3) is 0.143. The zero-order valence-corrected chi connectivity index (χ0v) is 20.1. The van der Waals surface area contributed by atoms with Gasteiger partial charge in [0.05, 0.1) is 16.8 Å². The van der Waals surface area contributed by atoms with Crippen LogP contribution in [0.4, 0.5) is 5.69 Å². The molecule has 0 saturated carbocycles. The molecule has 0 radical (unpaired) electrons. The Bertz CT molecular complexity index is 1520. The first-order valence-electron chi connectivity index (χ1n) is 11.4. The largest absolute Gasteiger partial charge is 0.271 e. The second-order valence-corrected chi connectivity index (χ2v) is 10.5. The first kappa shape index (κ1) is 22.8. The standard InChI is InChI=1S/C28H25N3O3S/c1-20-10-16-25(17-11-20)35(33,34)31(24-7-3-2-4-8-24)19-27(32)30-29-18-23-15-14-22-13-12-21-6-5-9-26(23)28(21)22/h2-11,14-18H,12-13,19H2,1H3,(H,30,32)/b29-18-. The van der Waals surface area contributed by atoms with Crippen LogP contribution in [-0.2, 0) is 27.7 Å². The van der Waals surface area contributed by atoms with Crippen LogP contribution >= 0.6 is 0 Å². The van der Waals surface area contributed by atoms with E-state index in [1.807, 2.05) is 19.1 Å². The van der Waals surface area contributed by atoms with Crippen molar-refractivity contribution < 1.29 is 13.2 Å². The van der Waals surface area contributed by atoms with Crippen LogP contribution in [0.5, 0.6) is 0 Å². The van der Waals surface area contributed by atoms with E-state index in [0.29, 0.717) is 5.69 Å². The molecular weight excluding hydrogens is 458 g/mol. The van der Waals surface area contributed by atoms with Crippen molar-refractivity contribution >= 4 is 38.6 Å². The number of rotatable bonds is 7. The van der Waals surface area contributed by atoms with Crippen molar-refractivity contribution in [1.82, 2.24) is 5.43 Å². The second kappa shape index (κ2) is 9.35. The summed E-state index contributed by atoms with van der Waals surface area (Å²) in [7, 11) is -3.95. The van der Waals surface area contributed by atoms with Gasteiger partial charge in [0.15, 0.2) is 0 Å². The molecule has 0 fully saturated rings. The Morgan fingerprint density at radius 3 is 2.37 bits per heavy atom. The van der Waals surface area contributed by atoms with Gasteiger partial charge in [-0.1, -0.05) is 66.2 Å². The second-order valence-electron chi connectivity index (χ2n) is 8.61. The minimum absolute atomic E-state index is 0.121. The molecule has 0 saturated heterocycles. The van der Waals surface area contributed by atoms with Crippen LogP contribution in [0.25, 0.3) is 10.8 Å². The number of sulfonamides is 1. The maximum Gasteiger partial charge on any atom is 0.264 e. The van der Waals surface area contributed by atoms with E-state index in [1.165, 1.54) is 16.5 Å². The van der Waals surface area contributed by atoms with Gasteiger partial charge in [-0.3, -0.25) is 9.10 Å². The maximum absolute atomic E-state index is 13.4. The summed E-state index contributed by atoms with van der Waals surface area (Å²) in [6.45, 7) is 1.49. The van der Waals surface area contributed by atoms with Crippen LogP contribution < -0.4 is 9.73 Å². The van der Waals surface area contributed by atoms with E-state index in [1.54, 1.807) is 60.8 Å². The summed E-state index contributed by atoms with van der Waals surface area (Å²) in [5, 5.41) is 6.50. The molecule has 7 heteroatoms. The van der Waals surface area contributed by atoms with Crippen LogP contribution in [-0.4, -0.2) is 27.1 Å². The molecule has 0 spiro atoms. The molecule has 1 aliphatic carbocycles. The zero-order valence-electron chi connectivity index (χ0n) is 19.3. The first-order chi connectivity index (χ1) is 16.9. The number of carbonyl (C=O) groups excluding carboxylic acids is 1. The molecule has 0 atom stereocenters. The third kappa shape index (κ3) is 4.55. The van der Waals surface area contributed by atoms with E-state index >= 15 is 0 Å². The topological polar surface area (TPSA) is 78.8 Å². The number of nitrogens with zero attached hydrogens (tertiary/aromatic N) is 2. The molecule has 176 valence electrons. The smallest absolute Gasteiger partial charge is 0.264 e. The van der Waals surface area contributed by atoms with Gasteiger partial charge >= 0.3 is 0 Å². The highest BCUT2D eigenvalue weighted by molar-refractivity contribution is 7.92. The summed E-state index contributed by atoms with van der Waals surface area (Å²) < 4.78 is 27.9. The van der Waals surface area contributed by atoms with Gasteiger partial charge in [-0.25, -0.2) is 13.8 Å². The summed E-state index contributed by atoms with van der Waals surface area (Å²) in [5.74, 6) is -0.535. The highest BCUT2D eigenvalue weighted by Gasteiger charge is 2.27. The van der Waals surface area contributed by atoms with Crippen LogP contribution in [0.2, 0.25) is 0 Å².